The second-order valence-electron chi connectivity index (χ2n) is 3.81. The zero-order valence-electron chi connectivity index (χ0n) is 10.1. The summed E-state index contributed by atoms with van der Waals surface area (Å²) >= 11 is 3.26. The summed E-state index contributed by atoms with van der Waals surface area (Å²) in [5, 5.41) is 0. The number of benzene rings is 1. The van der Waals surface area contributed by atoms with Gasteiger partial charge in [0.15, 0.2) is 5.78 Å². The molecule has 0 amide bonds. The zero-order chi connectivity index (χ0) is 13.8. The van der Waals surface area contributed by atoms with Crippen LogP contribution < -0.4 is 4.74 Å². The molecule has 0 spiro atoms. The first-order chi connectivity index (χ1) is 9.08. The molecule has 4 nitrogen and oxygen atoms in total. The highest BCUT2D eigenvalue weighted by atomic mass is 79.9. The van der Waals surface area contributed by atoms with E-state index in [1.165, 1.54) is 13.1 Å². The van der Waals surface area contributed by atoms with Crippen LogP contribution in [-0.2, 0) is 4.79 Å². The third-order valence-electron chi connectivity index (χ3n) is 2.35. The summed E-state index contributed by atoms with van der Waals surface area (Å²) in [7, 11) is 0. The van der Waals surface area contributed by atoms with Crippen molar-refractivity contribution in [3.63, 3.8) is 0 Å². The number of ketones is 1. The number of rotatable bonds is 3. The Balaban J connectivity index is 2.41. The normalized spacial score (nSPS) is 10.0. The van der Waals surface area contributed by atoms with Crippen molar-refractivity contribution in [1.82, 2.24) is 4.98 Å². The Morgan fingerprint density at radius 2 is 1.95 bits per heavy atom. The number of hydrogen-bond acceptors (Lipinski definition) is 4. The van der Waals surface area contributed by atoms with Gasteiger partial charge in [0.25, 0.3) is 0 Å². The molecule has 1 heterocycles. The highest BCUT2D eigenvalue weighted by molar-refractivity contribution is 9.10. The van der Waals surface area contributed by atoms with Crippen molar-refractivity contribution in [3.05, 3.63) is 58.3 Å². The average molecular weight is 320 g/mol. The second kappa shape index (κ2) is 5.75. The number of hydrogen-bond donors (Lipinski definition) is 0. The Hall–Kier alpha value is -2.01. The number of carbonyl (C=O) groups is 2. The molecule has 0 aliphatic heterocycles. The minimum Gasteiger partial charge on any atom is -0.426 e. The lowest BCUT2D eigenvalue weighted by molar-refractivity contribution is -0.131. The van der Waals surface area contributed by atoms with E-state index in [-0.39, 0.29) is 11.5 Å². The molecule has 96 valence electrons. The van der Waals surface area contributed by atoms with E-state index in [1.54, 1.807) is 36.5 Å². The molecule has 0 aliphatic carbocycles. The molecule has 2 aromatic rings. The summed E-state index contributed by atoms with van der Waals surface area (Å²) < 4.78 is 5.74. The second-order valence-corrected chi connectivity index (χ2v) is 4.73. The summed E-state index contributed by atoms with van der Waals surface area (Å²) in [4.78, 5) is 27.3. The van der Waals surface area contributed by atoms with Gasteiger partial charge < -0.3 is 4.74 Å². The molecule has 0 radical (unpaired) electrons. The van der Waals surface area contributed by atoms with E-state index in [9.17, 15) is 9.59 Å². The molecule has 0 N–H and O–H groups in total. The van der Waals surface area contributed by atoms with Crippen LogP contribution in [-0.4, -0.2) is 16.7 Å². The van der Waals surface area contributed by atoms with Gasteiger partial charge in [0, 0.05) is 29.4 Å². The molecule has 0 saturated carbocycles. The lowest BCUT2D eigenvalue weighted by atomic mass is 10.0. The van der Waals surface area contributed by atoms with Crippen LogP contribution in [0.5, 0.6) is 5.75 Å². The maximum absolute atomic E-state index is 12.3. The number of esters is 1. The molecule has 19 heavy (non-hydrogen) atoms. The largest absolute Gasteiger partial charge is 0.426 e. The predicted molar refractivity (Wildman–Crippen MR) is 73.1 cm³/mol. The average Bonchev–Trinajstić information content (AvgIpc) is 2.38. The van der Waals surface area contributed by atoms with Crippen molar-refractivity contribution < 1.29 is 14.3 Å². The Bertz CT molecular complexity index is 640. The van der Waals surface area contributed by atoms with Crippen LogP contribution in [0.3, 0.4) is 0 Å². The van der Waals surface area contributed by atoms with Crippen molar-refractivity contribution in [2.75, 3.05) is 0 Å². The number of ether oxygens (including phenoxy) is 1. The molecule has 1 aromatic carbocycles. The molecule has 0 bridgehead atoms. The van der Waals surface area contributed by atoms with E-state index < -0.39 is 5.97 Å². The van der Waals surface area contributed by atoms with E-state index in [1.807, 2.05) is 0 Å². The Morgan fingerprint density at radius 3 is 2.63 bits per heavy atom. The molecule has 0 aliphatic rings. The molecule has 2 rings (SSSR count). The Labute approximate surface area is 118 Å². The van der Waals surface area contributed by atoms with Crippen LogP contribution in [0.1, 0.15) is 22.8 Å². The van der Waals surface area contributed by atoms with E-state index in [0.717, 1.165) is 0 Å². The number of para-hydroxylation sites is 1. The van der Waals surface area contributed by atoms with Gasteiger partial charge in [-0.25, -0.2) is 0 Å². The fourth-order valence-electron chi connectivity index (χ4n) is 1.59. The molecule has 0 unspecified atom stereocenters. The maximum Gasteiger partial charge on any atom is 0.308 e. The standard InChI is InChI=1S/C14H10BrNO3/c1-9(17)19-13-5-3-2-4-12(13)14(18)10-6-11(15)8-16-7-10/h2-8H,1H3. The van der Waals surface area contributed by atoms with Crippen molar-refractivity contribution in [3.8, 4) is 5.75 Å². The molecule has 0 fully saturated rings. The van der Waals surface area contributed by atoms with Gasteiger partial charge in [0.05, 0.1) is 5.56 Å². The topological polar surface area (TPSA) is 56.3 Å². The zero-order valence-corrected chi connectivity index (χ0v) is 11.7. The van der Waals surface area contributed by atoms with Gasteiger partial charge in [-0.2, -0.15) is 0 Å². The van der Waals surface area contributed by atoms with Crippen molar-refractivity contribution in [2.24, 2.45) is 0 Å². The maximum atomic E-state index is 12.3. The quantitative estimate of drug-likeness (QED) is 0.496. The molecule has 5 heteroatoms. The molecular weight excluding hydrogens is 310 g/mol. The Kier molecular flexibility index (Phi) is 4.06. The van der Waals surface area contributed by atoms with Gasteiger partial charge in [-0.05, 0) is 34.1 Å². The summed E-state index contributed by atoms with van der Waals surface area (Å²) in [5.41, 5.74) is 0.756. The van der Waals surface area contributed by atoms with Crippen LogP contribution in [0.2, 0.25) is 0 Å². The van der Waals surface area contributed by atoms with E-state index in [2.05, 4.69) is 20.9 Å². The van der Waals surface area contributed by atoms with Gasteiger partial charge >= 0.3 is 5.97 Å². The number of halogens is 1. The van der Waals surface area contributed by atoms with Gasteiger partial charge in [0.2, 0.25) is 0 Å². The van der Waals surface area contributed by atoms with Crippen LogP contribution in [0.15, 0.2) is 47.2 Å². The highest BCUT2D eigenvalue weighted by Gasteiger charge is 2.15. The van der Waals surface area contributed by atoms with E-state index in [0.29, 0.717) is 15.6 Å². The van der Waals surface area contributed by atoms with Gasteiger partial charge in [-0.15, -0.1) is 0 Å². The fraction of sp³-hybridized carbons (Fsp3) is 0.0714. The first-order valence-corrected chi connectivity index (χ1v) is 6.30. The summed E-state index contributed by atoms with van der Waals surface area (Å²) in [5.74, 6) is -0.460. The number of aromatic nitrogens is 1. The van der Waals surface area contributed by atoms with Crippen molar-refractivity contribution in [1.29, 1.82) is 0 Å². The van der Waals surface area contributed by atoms with Crippen molar-refractivity contribution in [2.45, 2.75) is 6.92 Å². The molecular formula is C14H10BrNO3. The number of pyridine rings is 1. The molecule has 1 aromatic heterocycles. The first-order valence-electron chi connectivity index (χ1n) is 5.50. The minimum absolute atomic E-state index is 0.245. The first kappa shape index (κ1) is 13.4. The lowest BCUT2D eigenvalue weighted by Gasteiger charge is -2.07. The summed E-state index contributed by atoms with van der Waals surface area (Å²) in [6, 6.07) is 8.28. The third kappa shape index (κ3) is 3.26. The fourth-order valence-corrected chi connectivity index (χ4v) is 1.95. The molecule has 0 saturated heterocycles. The lowest BCUT2D eigenvalue weighted by Crippen LogP contribution is -2.08. The minimum atomic E-state index is -0.465. The number of carbonyl (C=O) groups excluding carboxylic acids is 2. The van der Waals surface area contributed by atoms with Crippen LogP contribution in [0, 0.1) is 0 Å². The Morgan fingerprint density at radius 1 is 1.21 bits per heavy atom. The third-order valence-corrected chi connectivity index (χ3v) is 2.79. The smallest absolute Gasteiger partial charge is 0.308 e. The summed E-state index contributed by atoms with van der Waals surface area (Å²) in [6.45, 7) is 1.29. The van der Waals surface area contributed by atoms with Crippen LogP contribution in [0.4, 0.5) is 0 Å². The van der Waals surface area contributed by atoms with E-state index in [4.69, 9.17) is 4.74 Å². The SMILES string of the molecule is CC(=O)Oc1ccccc1C(=O)c1cncc(Br)c1. The van der Waals surface area contributed by atoms with Gasteiger partial charge in [-0.3, -0.25) is 14.6 Å². The molecule has 0 atom stereocenters. The van der Waals surface area contributed by atoms with Crippen LogP contribution >= 0.6 is 15.9 Å². The summed E-state index contributed by atoms with van der Waals surface area (Å²) in [6.07, 6.45) is 3.06. The number of nitrogens with zero attached hydrogens (tertiary/aromatic N) is 1. The predicted octanol–water partition coefficient (Wildman–Crippen LogP) is 3.00. The van der Waals surface area contributed by atoms with Gasteiger partial charge in [-0.1, -0.05) is 12.1 Å². The van der Waals surface area contributed by atoms with Crippen LogP contribution in [0.25, 0.3) is 0 Å². The van der Waals surface area contributed by atoms with Crippen molar-refractivity contribution >= 4 is 27.7 Å². The monoisotopic (exact) mass is 319 g/mol. The van der Waals surface area contributed by atoms with E-state index >= 15 is 0 Å². The highest BCUT2D eigenvalue weighted by Crippen LogP contribution is 2.22. The van der Waals surface area contributed by atoms with Gasteiger partial charge in [0.1, 0.15) is 5.75 Å².